The fourth-order valence-corrected chi connectivity index (χ4v) is 4.68. The van der Waals surface area contributed by atoms with Gasteiger partial charge >= 0.3 is 0 Å². The third-order valence-electron chi connectivity index (χ3n) is 4.46. The van der Waals surface area contributed by atoms with E-state index in [0.29, 0.717) is 5.56 Å². The number of benzene rings is 2. The number of rotatable bonds is 6. The van der Waals surface area contributed by atoms with Crippen LogP contribution in [-0.4, -0.2) is 10.5 Å². The van der Waals surface area contributed by atoms with E-state index in [9.17, 15) is 4.79 Å². The summed E-state index contributed by atoms with van der Waals surface area (Å²) in [5.74, 6) is 0.788. The van der Waals surface area contributed by atoms with E-state index in [1.807, 2.05) is 78.5 Å². The molecule has 0 saturated carbocycles. The number of carbonyl (C=O) groups is 1. The van der Waals surface area contributed by atoms with Gasteiger partial charge in [0.1, 0.15) is 0 Å². The standard InChI is InChI=1S/C23H20N2OS2/c1-17-8-9-19(14-21(17)25-11-4-5-12-25)23(26)24-20-6-2-3-7-22(20)28-16-18-10-13-27-15-18/h2-15H,16H2,1H3,(H,24,26). The maximum atomic E-state index is 12.9. The van der Waals surface area contributed by atoms with Gasteiger partial charge in [-0.25, -0.2) is 0 Å². The van der Waals surface area contributed by atoms with Crippen molar-refractivity contribution in [2.75, 3.05) is 5.32 Å². The van der Waals surface area contributed by atoms with Crippen LogP contribution in [0.2, 0.25) is 0 Å². The van der Waals surface area contributed by atoms with E-state index in [0.717, 1.165) is 27.6 Å². The summed E-state index contributed by atoms with van der Waals surface area (Å²) >= 11 is 3.44. The van der Waals surface area contributed by atoms with Crippen molar-refractivity contribution in [3.63, 3.8) is 0 Å². The Morgan fingerprint density at radius 1 is 1.07 bits per heavy atom. The zero-order valence-corrected chi connectivity index (χ0v) is 17.1. The topological polar surface area (TPSA) is 34.0 Å². The van der Waals surface area contributed by atoms with Gasteiger partial charge < -0.3 is 9.88 Å². The second-order valence-corrected chi connectivity index (χ2v) is 8.26. The highest BCUT2D eigenvalue weighted by molar-refractivity contribution is 7.98. The van der Waals surface area contributed by atoms with E-state index < -0.39 is 0 Å². The Morgan fingerprint density at radius 3 is 2.68 bits per heavy atom. The SMILES string of the molecule is Cc1ccc(C(=O)Nc2ccccc2SCc2ccsc2)cc1-n1cccc1. The summed E-state index contributed by atoms with van der Waals surface area (Å²) in [5, 5.41) is 7.33. The Bertz CT molecular complexity index is 1070. The normalized spacial score (nSPS) is 10.8. The van der Waals surface area contributed by atoms with Gasteiger partial charge in [-0.3, -0.25) is 4.79 Å². The van der Waals surface area contributed by atoms with Gasteiger partial charge in [-0.2, -0.15) is 11.3 Å². The Hall–Kier alpha value is -2.76. The minimum Gasteiger partial charge on any atom is -0.324 e. The van der Waals surface area contributed by atoms with Gasteiger partial charge in [0.25, 0.3) is 5.91 Å². The molecule has 2 aromatic heterocycles. The van der Waals surface area contributed by atoms with Crippen molar-refractivity contribution in [1.82, 2.24) is 4.57 Å². The van der Waals surface area contributed by atoms with Gasteiger partial charge in [-0.05, 0) is 71.3 Å². The number of hydrogen-bond acceptors (Lipinski definition) is 3. The molecule has 0 fully saturated rings. The summed E-state index contributed by atoms with van der Waals surface area (Å²) in [6.07, 6.45) is 3.97. The third-order valence-corrected chi connectivity index (χ3v) is 6.34. The number of para-hydroxylation sites is 1. The molecule has 3 nitrogen and oxygen atoms in total. The molecule has 0 saturated heterocycles. The fraction of sp³-hybridized carbons (Fsp3) is 0.0870. The van der Waals surface area contributed by atoms with Crippen molar-refractivity contribution in [3.05, 3.63) is 101 Å². The number of thiophene rings is 1. The molecule has 1 amide bonds. The average molecular weight is 405 g/mol. The first-order valence-corrected chi connectivity index (χ1v) is 10.9. The second kappa shape index (κ2) is 8.50. The van der Waals surface area contributed by atoms with E-state index >= 15 is 0 Å². The quantitative estimate of drug-likeness (QED) is 0.378. The Labute approximate surface area is 173 Å². The lowest BCUT2D eigenvalue weighted by molar-refractivity contribution is 0.102. The largest absolute Gasteiger partial charge is 0.324 e. The highest BCUT2D eigenvalue weighted by Gasteiger charge is 2.12. The lowest BCUT2D eigenvalue weighted by Gasteiger charge is -2.13. The van der Waals surface area contributed by atoms with Crippen molar-refractivity contribution in [2.24, 2.45) is 0 Å². The molecule has 28 heavy (non-hydrogen) atoms. The van der Waals surface area contributed by atoms with Crippen molar-refractivity contribution in [2.45, 2.75) is 17.6 Å². The molecule has 2 aromatic carbocycles. The Balaban J connectivity index is 1.53. The predicted molar refractivity (Wildman–Crippen MR) is 119 cm³/mol. The van der Waals surface area contributed by atoms with Gasteiger partial charge in [-0.15, -0.1) is 11.8 Å². The van der Waals surface area contributed by atoms with Crippen LogP contribution in [0.3, 0.4) is 0 Å². The van der Waals surface area contributed by atoms with Gasteiger partial charge in [0, 0.05) is 34.3 Å². The Morgan fingerprint density at radius 2 is 1.89 bits per heavy atom. The molecule has 2 heterocycles. The van der Waals surface area contributed by atoms with Crippen LogP contribution in [0.1, 0.15) is 21.5 Å². The molecule has 0 aliphatic heterocycles. The first kappa shape index (κ1) is 18.6. The summed E-state index contributed by atoms with van der Waals surface area (Å²) in [6.45, 7) is 2.05. The second-order valence-electron chi connectivity index (χ2n) is 6.46. The molecule has 5 heteroatoms. The molecule has 0 aliphatic carbocycles. The number of hydrogen-bond donors (Lipinski definition) is 1. The molecular formula is C23H20N2OS2. The molecule has 0 atom stereocenters. The Kier molecular flexibility index (Phi) is 5.65. The molecule has 4 rings (SSSR count). The molecule has 0 unspecified atom stereocenters. The summed E-state index contributed by atoms with van der Waals surface area (Å²) in [6, 6.07) is 19.8. The summed E-state index contributed by atoms with van der Waals surface area (Å²) in [5.41, 5.74) is 4.92. The number of thioether (sulfide) groups is 1. The van der Waals surface area contributed by atoms with Crippen molar-refractivity contribution < 1.29 is 4.79 Å². The van der Waals surface area contributed by atoms with Crippen molar-refractivity contribution in [1.29, 1.82) is 0 Å². The highest BCUT2D eigenvalue weighted by atomic mass is 32.2. The van der Waals surface area contributed by atoms with Crippen LogP contribution in [0, 0.1) is 6.92 Å². The van der Waals surface area contributed by atoms with E-state index in [-0.39, 0.29) is 5.91 Å². The zero-order valence-electron chi connectivity index (χ0n) is 15.5. The number of aryl methyl sites for hydroxylation is 1. The molecule has 0 bridgehead atoms. The molecule has 0 spiro atoms. The summed E-state index contributed by atoms with van der Waals surface area (Å²) < 4.78 is 2.02. The van der Waals surface area contributed by atoms with Crippen LogP contribution < -0.4 is 5.32 Å². The van der Waals surface area contributed by atoms with Crippen molar-refractivity contribution >= 4 is 34.7 Å². The molecule has 1 N–H and O–H groups in total. The van der Waals surface area contributed by atoms with E-state index in [1.165, 1.54) is 5.56 Å². The maximum absolute atomic E-state index is 12.9. The highest BCUT2D eigenvalue weighted by Crippen LogP contribution is 2.30. The van der Waals surface area contributed by atoms with Crippen LogP contribution in [-0.2, 0) is 5.75 Å². The number of nitrogens with zero attached hydrogens (tertiary/aromatic N) is 1. The van der Waals surface area contributed by atoms with Crippen LogP contribution in [0.25, 0.3) is 5.69 Å². The number of anilines is 1. The van der Waals surface area contributed by atoms with Crippen LogP contribution in [0.15, 0.2) is 88.7 Å². The van der Waals surface area contributed by atoms with E-state index in [1.54, 1.807) is 23.1 Å². The monoisotopic (exact) mass is 404 g/mol. The fourth-order valence-electron chi connectivity index (χ4n) is 2.95. The molecule has 4 aromatic rings. The number of nitrogens with one attached hydrogen (secondary N) is 1. The minimum absolute atomic E-state index is 0.100. The van der Waals surface area contributed by atoms with E-state index in [4.69, 9.17) is 0 Å². The minimum atomic E-state index is -0.100. The lowest BCUT2D eigenvalue weighted by Crippen LogP contribution is -2.13. The number of aromatic nitrogens is 1. The summed E-state index contributed by atoms with van der Waals surface area (Å²) in [7, 11) is 0. The van der Waals surface area contributed by atoms with Gasteiger partial charge in [0.15, 0.2) is 0 Å². The smallest absolute Gasteiger partial charge is 0.255 e. The van der Waals surface area contributed by atoms with E-state index in [2.05, 4.69) is 22.1 Å². The van der Waals surface area contributed by atoms with Gasteiger partial charge in [-0.1, -0.05) is 18.2 Å². The third kappa shape index (κ3) is 4.21. The van der Waals surface area contributed by atoms with Gasteiger partial charge in [0.05, 0.1) is 5.69 Å². The number of amides is 1. The predicted octanol–water partition coefficient (Wildman–Crippen LogP) is 6.39. The van der Waals surface area contributed by atoms with Crippen molar-refractivity contribution in [3.8, 4) is 5.69 Å². The summed E-state index contributed by atoms with van der Waals surface area (Å²) in [4.78, 5) is 14.0. The number of carbonyl (C=O) groups excluding carboxylic acids is 1. The molecular weight excluding hydrogens is 384 g/mol. The first-order valence-electron chi connectivity index (χ1n) is 8.99. The zero-order chi connectivity index (χ0) is 19.3. The lowest BCUT2D eigenvalue weighted by atomic mass is 10.1. The molecule has 0 radical (unpaired) electrons. The van der Waals surface area contributed by atoms with Crippen LogP contribution >= 0.6 is 23.1 Å². The molecule has 0 aliphatic rings. The van der Waals surface area contributed by atoms with Crippen LogP contribution in [0.4, 0.5) is 5.69 Å². The molecule has 140 valence electrons. The first-order chi connectivity index (χ1) is 13.7. The van der Waals surface area contributed by atoms with Crippen LogP contribution in [0.5, 0.6) is 0 Å². The van der Waals surface area contributed by atoms with Gasteiger partial charge in [0.2, 0.25) is 0 Å². The average Bonchev–Trinajstić information content (AvgIpc) is 3.42. The maximum Gasteiger partial charge on any atom is 0.255 e.